The van der Waals surface area contributed by atoms with Crippen molar-refractivity contribution in [2.45, 2.75) is 21.9 Å². The molecular formula is C30H21ClF4N2O5S. The summed E-state index contributed by atoms with van der Waals surface area (Å²) >= 11 is 6.20. The molecule has 3 N–H and O–H groups in total. The smallest absolute Gasteiger partial charge is 0.416 e. The Bertz CT molecular complexity index is 1840. The molecule has 0 radical (unpaired) electrons. The fraction of sp³-hybridized carbons (Fsp3) is 0.133. The number of phenols is 1. The van der Waals surface area contributed by atoms with Gasteiger partial charge in [-0.05, 0) is 65.7 Å². The second kappa shape index (κ2) is 12.0. The van der Waals surface area contributed by atoms with E-state index < -0.39 is 66.9 Å². The normalized spacial score (nSPS) is 13.9. The lowest BCUT2D eigenvalue weighted by Crippen LogP contribution is -2.47. The van der Waals surface area contributed by atoms with Crippen LogP contribution in [0.25, 0.3) is 0 Å². The Kier molecular flexibility index (Phi) is 8.82. The Morgan fingerprint density at radius 1 is 0.953 bits per heavy atom. The minimum atomic E-state index is -4.90. The van der Waals surface area contributed by atoms with Crippen molar-refractivity contribution in [1.29, 1.82) is 5.26 Å². The maximum absolute atomic E-state index is 14.2. The number of nitriles is 1. The first kappa shape index (κ1) is 31.5. The number of nitrogens with one attached hydrogen (secondary N) is 1. The Balaban J connectivity index is 2.00. The number of carbonyl (C=O) groups excluding carboxylic acids is 1. The molecule has 0 aliphatic heterocycles. The number of para-hydroxylation sites is 1. The summed E-state index contributed by atoms with van der Waals surface area (Å²) in [6.07, 6.45) is -4.90. The molecule has 4 aromatic rings. The Morgan fingerprint density at radius 2 is 1.63 bits per heavy atom. The minimum Gasteiger partial charge on any atom is -0.507 e. The van der Waals surface area contributed by atoms with E-state index in [1.54, 1.807) is 6.07 Å². The molecule has 0 aliphatic carbocycles. The van der Waals surface area contributed by atoms with Crippen molar-refractivity contribution >= 4 is 27.3 Å². The van der Waals surface area contributed by atoms with Crippen molar-refractivity contribution in [3.8, 4) is 11.8 Å². The van der Waals surface area contributed by atoms with Gasteiger partial charge in [-0.2, -0.15) is 18.4 Å². The average Bonchev–Trinajstić information content (AvgIpc) is 2.96. The highest BCUT2D eigenvalue weighted by Crippen LogP contribution is 2.45. The lowest BCUT2D eigenvalue weighted by molar-refractivity contribution is -0.137. The van der Waals surface area contributed by atoms with Crippen LogP contribution >= 0.6 is 11.6 Å². The van der Waals surface area contributed by atoms with Gasteiger partial charge in [0.2, 0.25) is 0 Å². The quantitative estimate of drug-likeness (QED) is 0.207. The summed E-state index contributed by atoms with van der Waals surface area (Å²) in [5.41, 5.74) is -5.27. The molecule has 1 amide bonds. The number of aliphatic hydroxyl groups is 1. The third kappa shape index (κ3) is 6.49. The molecule has 0 heterocycles. The molecule has 0 fully saturated rings. The van der Waals surface area contributed by atoms with E-state index in [4.69, 9.17) is 11.6 Å². The van der Waals surface area contributed by atoms with Gasteiger partial charge in [-0.3, -0.25) is 4.79 Å². The van der Waals surface area contributed by atoms with Crippen LogP contribution in [0.4, 0.5) is 17.6 Å². The van der Waals surface area contributed by atoms with Crippen LogP contribution in [0.2, 0.25) is 5.02 Å². The van der Waals surface area contributed by atoms with Crippen molar-refractivity contribution in [2.75, 3.05) is 6.54 Å². The first-order valence-corrected chi connectivity index (χ1v) is 14.3. The monoisotopic (exact) mass is 632 g/mol. The van der Waals surface area contributed by atoms with Crippen LogP contribution in [0.15, 0.2) is 95.9 Å². The molecule has 2 atom stereocenters. The summed E-state index contributed by atoms with van der Waals surface area (Å²) in [6, 6.07) is 17.4. The molecule has 43 heavy (non-hydrogen) atoms. The number of sulfone groups is 1. The van der Waals surface area contributed by atoms with Gasteiger partial charge in [0.25, 0.3) is 5.91 Å². The number of phenolic OH excluding ortho intramolecular Hbond substituents is 1. The number of alkyl halides is 3. The van der Waals surface area contributed by atoms with Crippen LogP contribution in [-0.2, 0) is 21.6 Å². The van der Waals surface area contributed by atoms with Gasteiger partial charge in [0, 0.05) is 0 Å². The third-order valence-corrected chi connectivity index (χ3v) is 9.15. The van der Waals surface area contributed by atoms with Crippen molar-refractivity contribution in [2.24, 2.45) is 0 Å². The van der Waals surface area contributed by atoms with Gasteiger partial charge in [-0.15, -0.1) is 0 Å². The van der Waals surface area contributed by atoms with Crippen molar-refractivity contribution < 1.29 is 41.0 Å². The summed E-state index contributed by atoms with van der Waals surface area (Å²) in [5, 5.41) is 31.6. The minimum absolute atomic E-state index is 0.0669. The van der Waals surface area contributed by atoms with E-state index in [-0.39, 0.29) is 21.7 Å². The highest BCUT2D eigenvalue weighted by molar-refractivity contribution is 7.91. The fourth-order valence-corrected chi connectivity index (χ4v) is 6.85. The van der Waals surface area contributed by atoms with Crippen molar-refractivity contribution in [3.63, 3.8) is 0 Å². The number of carbonyl (C=O) groups is 1. The second-order valence-corrected chi connectivity index (χ2v) is 11.9. The number of benzene rings is 4. The molecule has 0 bridgehead atoms. The fourth-order valence-electron chi connectivity index (χ4n) is 4.56. The van der Waals surface area contributed by atoms with E-state index in [9.17, 15) is 46.2 Å². The summed E-state index contributed by atoms with van der Waals surface area (Å²) < 4.78 is 83.9. The topological polar surface area (TPSA) is 127 Å². The Morgan fingerprint density at radius 3 is 2.26 bits per heavy atom. The summed E-state index contributed by atoms with van der Waals surface area (Å²) in [7, 11) is -4.90. The van der Waals surface area contributed by atoms with Crippen LogP contribution < -0.4 is 5.32 Å². The molecule has 0 saturated carbocycles. The van der Waals surface area contributed by atoms with Gasteiger partial charge < -0.3 is 15.5 Å². The summed E-state index contributed by atoms with van der Waals surface area (Å²) in [4.78, 5) is 12.4. The van der Waals surface area contributed by atoms with Gasteiger partial charge in [0.1, 0.15) is 28.5 Å². The summed E-state index contributed by atoms with van der Waals surface area (Å²) in [5.74, 6) is -2.39. The number of nitrogens with zero attached hydrogens (tertiary/aromatic N) is 1. The molecule has 222 valence electrons. The van der Waals surface area contributed by atoms with Gasteiger partial charge in [-0.25, -0.2) is 12.8 Å². The number of aromatic hydroxyl groups is 1. The highest BCUT2D eigenvalue weighted by Gasteiger charge is 2.49. The zero-order chi connectivity index (χ0) is 31.6. The largest absolute Gasteiger partial charge is 0.507 e. The molecule has 0 spiro atoms. The SMILES string of the molecule is N#Cc1ccc(C(C(O)(CNC(=O)c2ccccc2O)c2cccc(C(F)(F)F)c2)S(=O)(=O)c2cccc(F)c2)cc1Cl. The molecule has 13 heteroatoms. The molecule has 0 saturated heterocycles. The predicted octanol–water partition coefficient (Wildman–Crippen LogP) is 5.91. The van der Waals surface area contributed by atoms with E-state index in [1.165, 1.54) is 24.3 Å². The zero-order valence-corrected chi connectivity index (χ0v) is 23.4. The first-order chi connectivity index (χ1) is 20.2. The van der Waals surface area contributed by atoms with Gasteiger partial charge >= 0.3 is 6.18 Å². The predicted molar refractivity (Wildman–Crippen MR) is 148 cm³/mol. The molecule has 0 aliphatic rings. The lowest BCUT2D eigenvalue weighted by Gasteiger charge is -2.37. The van der Waals surface area contributed by atoms with Crippen LogP contribution in [0.5, 0.6) is 5.75 Å². The van der Waals surface area contributed by atoms with Crippen LogP contribution in [0, 0.1) is 17.1 Å². The number of hydrogen-bond donors (Lipinski definition) is 3. The maximum atomic E-state index is 14.2. The molecule has 2 unspecified atom stereocenters. The number of halogens is 5. The lowest BCUT2D eigenvalue weighted by atomic mass is 9.85. The first-order valence-electron chi connectivity index (χ1n) is 12.3. The average molecular weight is 633 g/mol. The van der Waals surface area contributed by atoms with Crippen LogP contribution in [-0.4, -0.2) is 31.1 Å². The number of hydrogen-bond acceptors (Lipinski definition) is 6. The standard InChI is InChI=1S/C30H21ClF4N2O5S/c31-25-13-18(11-12-19(25)16-36)27(43(41,42)23-8-4-7-22(32)15-23)29(40,20-5-3-6-21(14-20)30(33,34)35)17-37-28(39)24-9-1-2-10-26(24)38/h1-15,27,38,40H,17H2,(H,37,39). The van der Waals surface area contributed by atoms with Crippen molar-refractivity contribution in [3.05, 3.63) is 130 Å². The van der Waals surface area contributed by atoms with Gasteiger partial charge in [-0.1, -0.05) is 48.0 Å². The van der Waals surface area contributed by atoms with Crippen molar-refractivity contribution in [1.82, 2.24) is 5.32 Å². The zero-order valence-electron chi connectivity index (χ0n) is 21.8. The summed E-state index contributed by atoms with van der Waals surface area (Å²) in [6.45, 7) is -1.00. The van der Waals surface area contributed by atoms with Crippen LogP contribution in [0.1, 0.15) is 37.9 Å². The second-order valence-electron chi connectivity index (χ2n) is 9.44. The molecular weight excluding hydrogens is 612 g/mol. The molecule has 0 aromatic heterocycles. The van der Waals surface area contributed by atoms with Gasteiger partial charge in [0.15, 0.2) is 9.84 Å². The van der Waals surface area contributed by atoms with E-state index in [0.29, 0.717) is 18.2 Å². The van der Waals surface area contributed by atoms with E-state index >= 15 is 0 Å². The Labute approximate surface area is 248 Å². The van der Waals surface area contributed by atoms with Crippen LogP contribution in [0.3, 0.4) is 0 Å². The highest BCUT2D eigenvalue weighted by atomic mass is 35.5. The van der Waals surface area contributed by atoms with E-state index in [1.807, 2.05) is 0 Å². The van der Waals surface area contributed by atoms with E-state index in [2.05, 4.69) is 5.32 Å². The molecule has 7 nitrogen and oxygen atoms in total. The molecule has 4 rings (SSSR count). The maximum Gasteiger partial charge on any atom is 0.416 e. The number of rotatable bonds is 8. The third-order valence-electron chi connectivity index (χ3n) is 6.64. The van der Waals surface area contributed by atoms with Gasteiger partial charge in [0.05, 0.1) is 33.2 Å². The molecule has 4 aromatic carbocycles. The number of amides is 1. The van der Waals surface area contributed by atoms with E-state index in [0.717, 1.165) is 48.5 Å². The Hall–Kier alpha value is -4.44.